The lowest BCUT2D eigenvalue weighted by Crippen LogP contribution is -2.06. The number of aromatic nitrogens is 2. The summed E-state index contributed by atoms with van der Waals surface area (Å²) in [5.74, 6) is -1.01. The van der Waals surface area contributed by atoms with Gasteiger partial charge >= 0.3 is 5.97 Å². The molecule has 0 bridgehead atoms. The van der Waals surface area contributed by atoms with Gasteiger partial charge in [0.15, 0.2) is 0 Å². The maximum absolute atomic E-state index is 13.8. The second-order valence-corrected chi connectivity index (χ2v) is 4.24. The average Bonchev–Trinajstić information content (AvgIpc) is 2.87. The summed E-state index contributed by atoms with van der Waals surface area (Å²) in [4.78, 5) is 11.6. The molecule has 1 aromatic carbocycles. The molecule has 5 nitrogen and oxygen atoms in total. The van der Waals surface area contributed by atoms with Gasteiger partial charge in [-0.3, -0.25) is 0 Å². The molecule has 1 unspecified atom stereocenters. The number of nitrogens with zero attached hydrogens (tertiary/aromatic N) is 2. The van der Waals surface area contributed by atoms with E-state index in [1.165, 1.54) is 36.1 Å². The predicted molar refractivity (Wildman–Crippen MR) is 70.1 cm³/mol. The van der Waals surface area contributed by atoms with Gasteiger partial charge in [0.25, 0.3) is 0 Å². The van der Waals surface area contributed by atoms with Gasteiger partial charge in [-0.2, -0.15) is 5.10 Å². The summed E-state index contributed by atoms with van der Waals surface area (Å²) in [6, 6.07) is 4.40. The van der Waals surface area contributed by atoms with E-state index in [9.17, 15) is 14.3 Å². The third-order valence-corrected chi connectivity index (χ3v) is 2.79. The number of ether oxygens (including phenoxy) is 1. The number of esters is 1. The van der Waals surface area contributed by atoms with Crippen LogP contribution in [0.15, 0.2) is 30.6 Å². The van der Waals surface area contributed by atoms with Crippen molar-refractivity contribution >= 4 is 5.97 Å². The van der Waals surface area contributed by atoms with Crippen LogP contribution in [0.1, 0.15) is 35.9 Å². The summed E-state index contributed by atoms with van der Waals surface area (Å²) >= 11 is 0. The highest BCUT2D eigenvalue weighted by atomic mass is 19.1. The molecular weight excluding hydrogens is 263 g/mol. The van der Waals surface area contributed by atoms with Crippen molar-refractivity contribution in [2.45, 2.75) is 20.0 Å². The average molecular weight is 278 g/mol. The molecule has 0 fully saturated rings. The van der Waals surface area contributed by atoms with Crippen LogP contribution in [0.4, 0.5) is 4.39 Å². The van der Waals surface area contributed by atoms with Crippen LogP contribution >= 0.6 is 0 Å². The lowest BCUT2D eigenvalue weighted by atomic mass is 10.1. The van der Waals surface area contributed by atoms with Crippen LogP contribution in [0.2, 0.25) is 0 Å². The first kappa shape index (κ1) is 14.2. The number of carbonyl (C=O) groups is 1. The molecule has 0 saturated heterocycles. The van der Waals surface area contributed by atoms with E-state index in [-0.39, 0.29) is 17.7 Å². The van der Waals surface area contributed by atoms with Crippen molar-refractivity contribution < 1.29 is 19.0 Å². The van der Waals surface area contributed by atoms with Crippen molar-refractivity contribution in [2.75, 3.05) is 6.61 Å². The highest BCUT2D eigenvalue weighted by Gasteiger charge is 2.17. The molecule has 0 aliphatic rings. The Balaban J connectivity index is 2.43. The molecule has 1 heterocycles. The maximum atomic E-state index is 13.8. The Morgan fingerprint density at radius 1 is 1.55 bits per heavy atom. The van der Waals surface area contributed by atoms with Crippen LogP contribution in [0.25, 0.3) is 5.69 Å². The molecule has 20 heavy (non-hydrogen) atoms. The number of rotatable bonds is 4. The molecule has 0 aliphatic heterocycles. The molecule has 0 saturated carbocycles. The number of halogens is 1. The zero-order chi connectivity index (χ0) is 14.7. The third kappa shape index (κ3) is 2.70. The normalized spacial score (nSPS) is 12.2. The molecule has 1 aromatic heterocycles. The van der Waals surface area contributed by atoms with Gasteiger partial charge in [0.1, 0.15) is 5.82 Å². The summed E-state index contributed by atoms with van der Waals surface area (Å²) in [5.41, 5.74) is 0.786. The zero-order valence-corrected chi connectivity index (χ0v) is 11.2. The summed E-state index contributed by atoms with van der Waals surface area (Å²) < 4.78 is 20.0. The number of carbonyl (C=O) groups excluding carboxylic acids is 1. The number of hydrogen-bond acceptors (Lipinski definition) is 4. The summed E-state index contributed by atoms with van der Waals surface area (Å²) in [5, 5.41) is 13.7. The molecule has 0 aliphatic carbocycles. The third-order valence-electron chi connectivity index (χ3n) is 2.79. The lowest BCUT2D eigenvalue weighted by molar-refractivity contribution is 0.0526. The Labute approximate surface area is 115 Å². The van der Waals surface area contributed by atoms with E-state index in [2.05, 4.69) is 5.10 Å². The van der Waals surface area contributed by atoms with E-state index >= 15 is 0 Å². The van der Waals surface area contributed by atoms with Crippen LogP contribution in [0.3, 0.4) is 0 Å². The summed E-state index contributed by atoms with van der Waals surface area (Å²) in [6.07, 6.45) is 1.80. The molecular formula is C14H15FN2O3. The van der Waals surface area contributed by atoms with Gasteiger partial charge in [-0.05, 0) is 26.0 Å². The van der Waals surface area contributed by atoms with E-state index < -0.39 is 17.9 Å². The Bertz CT molecular complexity index is 623. The largest absolute Gasteiger partial charge is 0.462 e. The van der Waals surface area contributed by atoms with Crippen molar-refractivity contribution in [1.82, 2.24) is 9.78 Å². The molecule has 2 rings (SSSR count). The van der Waals surface area contributed by atoms with Gasteiger partial charge in [0.05, 0.1) is 30.2 Å². The van der Waals surface area contributed by atoms with Gasteiger partial charge < -0.3 is 9.84 Å². The van der Waals surface area contributed by atoms with Crippen molar-refractivity contribution in [2.24, 2.45) is 0 Å². The van der Waals surface area contributed by atoms with Crippen LogP contribution in [-0.2, 0) is 4.74 Å². The number of benzene rings is 1. The molecule has 6 heteroatoms. The Morgan fingerprint density at radius 2 is 2.30 bits per heavy atom. The highest BCUT2D eigenvalue weighted by molar-refractivity contribution is 5.88. The Hall–Kier alpha value is -2.21. The van der Waals surface area contributed by atoms with Crippen LogP contribution in [0, 0.1) is 5.82 Å². The monoisotopic (exact) mass is 278 g/mol. The van der Waals surface area contributed by atoms with Crippen molar-refractivity contribution in [3.05, 3.63) is 47.5 Å². The maximum Gasteiger partial charge on any atom is 0.341 e. The fraction of sp³-hybridized carbons (Fsp3) is 0.286. The molecule has 106 valence electrons. The summed E-state index contributed by atoms with van der Waals surface area (Å²) in [6.45, 7) is 3.45. The van der Waals surface area contributed by atoms with E-state index in [1.807, 2.05) is 0 Å². The first-order valence-electron chi connectivity index (χ1n) is 6.23. The van der Waals surface area contributed by atoms with Crippen molar-refractivity contribution in [1.29, 1.82) is 0 Å². The van der Waals surface area contributed by atoms with Gasteiger partial charge in [0, 0.05) is 11.8 Å². The van der Waals surface area contributed by atoms with Crippen LogP contribution < -0.4 is 0 Å². The molecule has 2 aromatic rings. The molecule has 0 amide bonds. The van der Waals surface area contributed by atoms with Crippen LogP contribution in [-0.4, -0.2) is 27.5 Å². The number of hydrogen-bond donors (Lipinski definition) is 1. The van der Waals surface area contributed by atoms with Gasteiger partial charge in [-0.1, -0.05) is 6.07 Å². The molecule has 0 radical (unpaired) electrons. The highest BCUT2D eigenvalue weighted by Crippen LogP contribution is 2.24. The first-order chi connectivity index (χ1) is 9.54. The second kappa shape index (κ2) is 5.83. The second-order valence-electron chi connectivity index (χ2n) is 4.24. The van der Waals surface area contributed by atoms with E-state index in [0.29, 0.717) is 5.69 Å². The lowest BCUT2D eigenvalue weighted by Gasteiger charge is -2.12. The standard InChI is InChI=1S/C14H15FN2O3/c1-3-20-14(19)10-7-16-17(8-10)12-6-4-5-11(15)13(12)9(2)18/h4-9,18H,3H2,1-2H3. The fourth-order valence-electron chi connectivity index (χ4n) is 1.91. The molecule has 0 spiro atoms. The molecule has 1 N–H and O–H groups in total. The van der Waals surface area contributed by atoms with Crippen LogP contribution in [0.5, 0.6) is 0 Å². The van der Waals surface area contributed by atoms with E-state index in [4.69, 9.17) is 4.74 Å². The van der Waals surface area contributed by atoms with Gasteiger partial charge in [-0.15, -0.1) is 0 Å². The minimum absolute atomic E-state index is 0.131. The predicted octanol–water partition coefficient (Wildman–Crippen LogP) is 2.24. The Kier molecular flexibility index (Phi) is 4.14. The van der Waals surface area contributed by atoms with Crippen molar-refractivity contribution in [3.8, 4) is 5.69 Å². The smallest absolute Gasteiger partial charge is 0.341 e. The van der Waals surface area contributed by atoms with E-state index in [0.717, 1.165) is 0 Å². The Morgan fingerprint density at radius 3 is 2.95 bits per heavy atom. The molecule has 1 atom stereocenters. The topological polar surface area (TPSA) is 64.3 Å². The van der Waals surface area contributed by atoms with Gasteiger partial charge in [0.2, 0.25) is 0 Å². The van der Waals surface area contributed by atoms with Gasteiger partial charge in [-0.25, -0.2) is 13.9 Å². The first-order valence-corrected chi connectivity index (χ1v) is 6.23. The minimum Gasteiger partial charge on any atom is -0.462 e. The zero-order valence-electron chi connectivity index (χ0n) is 11.2. The van der Waals surface area contributed by atoms with Crippen molar-refractivity contribution in [3.63, 3.8) is 0 Å². The minimum atomic E-state index is -0.985. The SMILES string of the molecule is CCOC(=O)c1cnn(-c2cccc(F)c2C(C)O)c1. The number of aliphatic hydroxyl groups is 1. The van der Waals surface area contributed by atoms with E-state index in [1.54, 1.807) is 13.0 Å². The quantitative estimate of drug-likeness (QED) is 0.871. The number of aliphatic hydroxyl groups excluding tert-OH is 1. The fourth-order valence-corrected chi connectivity index (χ4v) is 1.91. The summed E-state index contributed by atoms with van der Waals surface area (Å²) in [7, 11) is 0.